The van der Waals surface area contributed by atoms with Gasteiger partial charge in [0.25, 0.3) is 0 Å². The molecule has 1 aromatic carbocycles. The largest absolute Gasteiger partial charge is 0.480 e. The van der Waals surface area contributed by atoms with Crippen molar-refractivity contribution in [2.24, 2.45) is 5.92 Å². The van der Waals surface area contributed by atoms with E-state index in [0.29, 0.717) is 16.6 Å². The third kappa shape index (κ3) is 4.61. The molecule has 130 valence electrons. The molecule has 2 fully saturated rings. The lowest BCUT2D eigenvalue weighted by atomic mass is 9.85. The van der Waals surface area contributed by atoms with Gasteiger partial charge in [-0.2, -0.15) is 0 Å². The van der Waals surface area contributed by atoms with Gasteiger partial charge in [-0.25, -0.2) is 4.79 Å². The Bertz CT molecular complexity index is 615. The first-order chi connectivity index (χ1) is 11.5. The highest BCUT2D eigenvalue weighted by Crippen LogP contribution is 2.33. The second kappa shape index (κ2) is 7.40. The van der Waals surface area contributed by atoms with Crippen LogP contribution in [0.15, 0.2) is 24.3 Å². The molecule has 7 heteroatoms. The van der Waals surface area contributed by atoms with E-state index in [4.69, 9.17) is 16.7 Å². The number of aliphatic carboxylic acids is 1. The summed E-state index contributed by atoms with van der Waals surface area (Å²) in [6.07, 6.45) is 3.97. The molecule has 2 saturated carbocycles. The average molecular weight is 352 g/mol. The van der Waals surface area contributed by atoms with Crippen molar-refractivity contribution in [3.8, 4) is 0 Å². The predicted octanol–water partition coefficient (Wildman–Crippen LogP) is 2.79. The van der Waals surface area contributed by atoms with Gasteiger partial charge >= 0.3 is 12.0 Å². The van der Waals surface area contributed by atoms with Crippen LogP contribution in [-0.4, -0.2) is 47.2 Å². The normalized spacial score (nSPS) is 22.8. The molecule has 3 N–H and O–H groups in total. The number of rotatable bonds is 7. The zero-order valence-electron chi connectivity index (χ0n) is 13.4. The number of amides is 2. The highest BCUT2D eigenvalue weighted by atomic mass is 35.5. The maximum Gasteiger partial charge on any atom is 0.319 e. The topological polar surface area (TPSA) is 81.7 Å². The lowest BCUT2D eigenvalue weighted by Crippen LogP contribution is -2.55. The summed E-state index contributed by atoms with van der Waals surface area (Å²) in [5, 5.41) is 15.2. The Morgan fingerprint density at radius 3 is 2.58 bits per heavy atom. The van der Waals surface area contributed by atoms with Crippen LogP contribution in [0.1, 0.15) is 25.7 Å². The number of anilines is 1. The Kier molecular flexibility index (Phi) is 5.26. The summed E-state index contributed by atoms with van der Waals surface area (Å²) >= 11 is 6.02. The van der Waals surface area contributed by atoms with Crippen molar-refractivity contribution < 1.29 is 14.7 Å². The Morgan fingerprint density at radius 2 is 1.96 bits per heavy atom. The molecular formula is C17H22ClN3O3. The third-order valence-corrected chi connectivity index (χ3v) is 4.94. The number of carboxylic acids is 1. The summed E-state index contributed by atoms with van der Waals surface area (Å²) in [6, 6.07) is 7.12. The summed E-state index contributed by atoms with van der Waals surface area (Å²) in [5.74, 6) is -0.136. The smallest absolute Gasteiger partial charge is 0.319 e. The zero-order valence-corrected chi connectivity index (χ0v) is 14.1. The fourth-order valence-electron chi connectivity index (χ4n) is 3.06. The first kappa shape index (κ1) is 17.0. The molecule has 2 amide bonds. The minimum absolute atomic E-state index is 0.0768. The number of carbonyl (C=O) groups is 2. The van der Waals surface area contributed by atoms with Crippen molar-refractivity contribution in [2.75, 3.05) is 18.4 Å². The van der Waals surface area contributed by atoms with E-state index < -0.39 is 5.97 Å². The molecule has 0 unspecified atom stereocenters. The van der Waals surface area contributed by atoms with Crippen LogP contribution in [0.2, 0.25) is 5.02 Å². The number of nitrogens with zero attached hydrogens (tertiary/aromatic N) is 1. The second-order valence-electron chi connectivity index (χ2n) is 6.67. The number of urea groups is 1. The minimum atomic E-state index is -0.788. The molecular weight excluding hydrogens is 330 g/mol. The van der Waals surface area contributed by atoms with E-state index in [-0.39, 0.29) is 24.7 Å². The van der Waals surface area contributed by atoms with E-state index in [1.165, 1.54) is 12.8 Å². The van der Waals surface area contributed by atoms with Crippen molar-refractivity contribution in [1.29, 1.82) is 0 Å². The fraction of sp³-hybridized carbons (Fsp3) is 0.529. The van der Waals surface area contributed by atoms with Gasteiger partial charge in [0.1, 0.15) is 0 Å². The molecule has 0 spiro atoms. The summed E-state index contributed by atoms with van der Waals surface area (Å²) in [5.41, 5.74) is 0.578. The van der Waals surface area contributed by atoms with Gasteiger partial charge in [0, 0.05) is 18.6 Å². The molecule has 2 aliphatic carbocycles. The molecule has 0 saturated heterocycles. The second-order valence-corrected chi connectivity index (χ2v) is 7.07. The summed E-state index contributed by atoms with van der Waals surface area (Å²) < 4.78 is 0. The number of hydrogen-bond donors (Lipinski definition) is 3. The van der Waals surface area contributed by atoms with Crippen molar-refractivity contribution in [3.05, 3.63) is 29.3 Å². The molecule has 24 heavy (non-hydrogen) atoms. The van der Waals surface area contributed by atoms with Crippen LogP contribution >= 0.6 is 11.6 Å². The minimum Gasteiger partial charge on any atom is -0.480 e. The van der Waals surface area contributed by atoms with Gasteiger partial charge in [0.15, 0.2) is 0 Å². The van der Waals surface area contributed by atoms with E-state index in [2.05, 4.69) is 10.6 Å². The number of hydrogen-bond acceptors (Lipinski definition) is 3. The van der Waals surface area contributed by atoms with Gasteiger partial charge < -0.3 is 15.7 Å². The van der Waals surface area contributed by atoms with Crippen molar-refractivity contribution in [1.82, 2.24) is 10.2 Å². The van der Waals surface area contributed by atoms with E-state index in [1.807, 2.05) is 11.0 Å². The van der Waals surface area contributed by atoms with Gasteiger partial charge in [0.05, 0.1) is 17.3 Å². The fourth-order valence-corrected chi connectivity index (χ4v) is 3.24. The van der Waals surface area contributed by atoms with E-state index in [9.17, 15) is 9.59 Å². The summed E-state index contributed by atoms with van der Waals surface area (Å²) in [7, 11) is 0. The van der Waals surface area contributed by atoms with Crippen LogP contribution in [0.4, 0.5) is 10.5 Å². The highest BCUT2D eigenvalue weighted by Gasteiger charge is 2.37. The maximum absolute atomic E-state index is 12.0. The quantitative estimate of drug-likeness (QED) is 0.705. The van der Waals surface area contributed by atoms with Gasteiger partial charge in [-0.15, -0.1) is 0 Å². The molecule has 0 atom stereocenters. The first-order valence-electron chi connectivity index (χ1n) is 8.29. The standard InChI is InChI=1S/C17H22ClN3O3/c18-14-3-1-2-4-15(14)20-17(24)19-12-7-13(8-12)21(10-16(22)23)9-11-5-6-11/h1-4,11-13H,5-10H2,(H,22,23)(H2,19,20,24). The van der Waals surface area contributed by atoms with Crippen molar-refractivity contribution in [2.45, 2.75) is 37.8 Å². The molecule has 6 nitrogen and oxygen atoms in total. The monoisotopic (exact) mass is 351 g/mol. The molecule has 0 radical (unpaired) electrons. The van der Waals surface area contributed by atoms with E-state index >= 15 is 0 Å². The average Bonchev–Trinajstić information content (AvgIpc) is 3.28. The lowest BCUT2D eigenvalue weighted by Gasteiger charge is -2.42. The zero-order chi connectivity index (χ0) is 17.1. The maximum atomic E-state index is 12.0. The van der Waals surface area contributed by atoms with E-state index in [1.54, 1.807) is 18.2 Å². The van der Waals surface area contributed by atoms with Crippen molar-refractivity contribution >= 4 is 29.3 Å². The highest BCUT2D eigenvalue weighted by molar-refractivity contribution is 6.33. The molecule has 3 rings (SSSR count). The third-order valence-electron chi connectivity index (χ3n) is 4.61. The molecule has 0 aliphatic heterocycles. The Labute approximate surface area is 146 Å². The van der Waals surface area contributed by atoms with Gasteiger partial charge in [0.2, 0.25) is 0 Å². The van der Waals surface area contributed by atoms with E-state index in [0.717, 1.165) is 19.4 Å². The Hall–Kier alpha value is -1.79. The van der Waals surface area contributed by atoms with Crippen LogP contribution in [0.25, 0.3) is 0 Å². The molecule has 0 bridgehead atoms. The van der Waals surface area contributed by atoms with Crippen LogP contribution < -0.4 is 10.6 Å². The number of carbonyl (C=O) groups excluding carboxylic acids is 1. The van der Waals surface area contributed by atoms with Gasteiger partial charge in [-0.05, 0) is 43.7 Å². The molecule has 2 aliphatic rings. The molecule has 0 aromatic heterocycles. The molecule has 0 heterocycles. The Balaban J connectivity index is 1.44. The van der Waals surface area contributed by atoms with Crippen LogP contribution in [-0.2, 0) is 4.79 Å². The van der Waals surface area contributed by atoms with Crippen LogP contribution in [0, 0.1) is 5.92 Å². The number of halogens is 1. The van der Waals surface area contributed by atoms with Gasteiger partial charge in [-0.1, -0.05) is 23.7 Å². The van der Waals surface area contributed by atoms with Crippen LogP contribution in [0.5, 0.6) is 0 Å². The first-order valence-corrected chi connectivity index (χ1v) is 8.67. The number of benzene rings is 1. The van der Waals surface area contributed by atoms with Gasteiger partial charge in [-0.3, -0.25) is 9.69 Å². The Morgan fingerprint density at radius 1 is 1.25 bits per heavy atom. The van der Waals surface area contributed by atoms with Crippen LogP contribution in [0.3, 0.4) is 0 Å². The summed E-state index contributed by atoms with van der Waals surface area (Å²) in [4.78, 5) is 25.1. The predicted molar refractivity (Wildman–Crippen MR) is 92.3 cm³/mol. The molecule has 1 aromatic rings. The number of para-hydroxylation sites is 1. The lowest BCUT2D eigenvalue weighted by molar-refractivity contribution is -0.139. The van der Waals surface area contributed by atoms with Crippen molar-refractivity contribution in [3.63, 3.8) is 0 Å². The number of nitrogens with one attached hydrogen (secondary N) is 2. The number of carboxylic acid groups (broad SMARTS) is 1. The summed E-state index contributed by atoms with van der Waals surface area (Å²) in [6.45, 7) is 0.940. The SMILES string of the molecule is O=C(O)CN(CC1CC1)C1CC(NC(=O)Nc2ccccc2Cl)C1.